The monoisotopic (exact) mass is 435 g/mol. The lowest BCUT2D eigenvalue weighted by atomic mass is 9.86. The Balaban J connectivity index is 1.91. The molecule has 0 radical (unpaired) electrons. The van der Waals surface area contributed by atoms with E-state index in [0.29, 0.717) is 16.8 Å². The molecule has 0 saturated heterocycles. The van der Waals surface area contributed by atoms with Gasteiger partial charge in [0, 0.05) is 22.8 Å². The van der Waals surface area contributed by atoms with Crippen LogP contribution in [0.1, 0.15) is 22.8 Å². The lowest BCUT2D eigenvalue weighted by molar-refractivity contribution is -0.121. The fraction of sp³-hybridized carbons (Fsp3) is 0.263. The molecule has 136 valence electrons. The molecule has 1 atom stereocenters. The van der Waals surface area contributed by atoms with Crippen molar-refractivity contribution in [2.24, 2.45) is 0 Å². The van der Waals surface area contributed by atoms with Crippen molar-refractivity contribution in [2.45, 2.75) is 12.3 Å². The van der Waals surface area contributed by atoms with E-state index in [2.05, 4.69) is 15.9 Å². The van der Waals surface area contributed by atoms with Crippen LogP contribution in [0.2, 0.25) is 0 Å². The predicted octanol–water partition coefficient (Wildman–Crippen LogP) is 2.98. The molecular weight excluding hydrogens is 418 g/mol. The van der Waals surface area contributed by atoms with E-state index in [0.717, 1.165) is 4.47 Å². The third kappa shape index (κ3) is 3.33. The number of hydrogen-bond donors (Lipinski definition) is 0. The Morgan fingerprint density at radius 2 is 1.81 bits per heavy atom. The molecule has 0 aromatic heterocycles. The molecule has 0 saturated carbocycles. The maximum atomic E-state index is 12.8. The first kappa shape index (κ1) is 18.8. The molecule has 1 amide bonds. The molecule has 1 heterocycles. The van der Waals surface area contributed by atoms with Crippen LogP contribution in [0.25, 0.3) is 0 Å². The number of hydrogen-bond acceptors (Lipinski definition) is 4. The lowest BCUT2D eigenvalue weighted by Crippen LogP contribution is -2.42. The van der Waals surface area contributed by atoms with E-state index in [1.807, 2.05) is 6.07 Å². The third-order valence-corrected chi connectivity index (χ3v) is 6.86. The van der Waals surface area contributed by atoms with Crippen molar-refractivity contribution in [3.63, 3.8) is 0 Å². The van der Waals surface area contributed by atoms with Gasteiger partial charge in [0.1, 0.15) is 5.75 Å². The Morgan fingerprint density at radius 1 is 1.15 bits per heavy atom. The van der Waals surface area contributed by atoms with E-state index in [-0.39, 0.29) is 5.91 Å². The van der Waals surface area contributed by atoms with Gasteiger partial charge in [0.05, 0.1) is 11.2 Å². The Morgan fingerprint density at radius 3 is 2.46 bits per heavy atom. The summed E-state index contributed by atoms with van der Waals surface area (Å²) in [6, 6.07) is 13.7. The summed E-state index contributed by atoms with van der Waals surface area (Å²) in [6.45, 7) is 1.62. The van der Waals surface area contributed by atoms with Gasteiger partial charge in [-0.3, -0.25) is 9.59 Å². The zero-order valence-corrected chi connectivity index (χ0v) is 16.8. The van der Waals surface area contributed by atoms with Gasteiger partial charge >= 0.3 is 0 Å². The molecule has 26 heavy (non-hydrogen) atoms. The molecule has 1 unspecified atom stereocenters. The van der Waals surface area contributed by atoms with Crippen molar-refractivity contribution >= 4 is 43.1 Å². The second-order valence-electron chi connectivity index (χ2n) is 6.68. The first-order valence-corrected chi connectivity index (χ1v) is 10.6. The molecule has 3 rings (SSSR count). The summed E-state index contributed by atoms with van der Waals surface area (Å²) in [7, 11) is -2.17. The zero-order valence-electron chi connectivity index (χ0n) is 14.4. The number of halogens is 1. The number of fused-ring (bicyclic) bond motifs is 1. The van der Waals surface area contributed by atoms with Crippen LogP contribution in [0.4, 0.5) is 5.69 Å². The third-order valence-electron chi connectivity index (χ3n) is 4.65. The number of nitrogens with zero attached hydrogens (tertiary/aromatic N) is 1. The number of sulfone groups is 1. The summed E-state index contributed by atoms with van der Waals surface area (Å²) in [5.41, 5.74) is 0.462. The highest BCUT2D eigenvalue weighted by Gasteiger charge is 2.49. The molecule has 0 spiro atoms. The number of anilines is 1. The average molecular weight is 436 g/mol. The SMILES string of the molecule is CN1C(=O)C(C)(CS(=O)(=O)CC(=O)c2ccccc2)c2cc(Br)ccc21. The van der Waals surface area contributed by atoms with Crippen molar-refractivity contribution in [3.05, 3.63) is 64.1 Å². The highest BCUT2D eigenvalue weighted by atomic mass is 79.9. The van der Waals surface area contributed by atoms with Crippen molar-refractivity contribution in [2.75, 3.05) is 23.5 Å². The van der Waals surface area contributed by atoms with Crippen LogP contribution in [-0.2, 0) is 20.0 Å². The van der Waals surface area contributed by atoms with Gasteiger partial charge in [-0.05, 0) is 30.7 Å². The molecular formula is C19H18BrNO4S. The number of ketones is 1. The average Bonchev–Trinajstić information content (AvgIpc) is 2.76. The number of Topliss-reactive ketones (excluding diaryl/α,β-unsaturated/α-hetero) is 1. The number of amides is 1. The molecule has 0 bridgehead atoms. The summed E-state index contributed by atoms with van der Waals surface area (Å²) in [5, 5.41) is 0. The maximum Gasteiger partial charge on any atom is 0.238 e. The minimum absolute atomic E-state index is 0.290. The Labute approximate surface area is 161 Å². The summed E-state index contributed by atoms with van der Waals surface area (Å²) in [4.78, 5) is 26.6. The summed E-state index contributed by atoms with van der Waals surface area (Å²) in [6.07, 6.45) is 0. The second-order valence-corrected chi connectivity index (χ2v) is 9.66. The zero-order chi connectivity index (χ0) is 19.1. The summed E-state index contributed by atoms with van der Waals surface area (Å²) in [5.74, 6) is -1.79. The molecule has 0 N–H and O–H groups in total. The van der Waals surface area contributed by atoms with E-state index in [1.165, 1.54) is 4.90 Å². The molecule has 2 aromatic carbocycles. The van der Waals surface area contributed by atoms with Crippen molar-refractivity contribution in [1.29, 1.82) is 0 Å². The molecule has 2 aromatic rings. The Bertz CT molecular complexity index is 988. The van der Waals surface area contributed by atoms with Crippen LogP contribution < -0.4 is 4.90 Å². The minimum atomic E-state index is -3.80. The number of rotatable bonds is 5. The van der Waals surface area contributed by atoms with E-state index in [1.54, 1.807) is 56.4 Å². The molecule has 0 fully saturated rings. The number of carbonyl (C=O) groups is 2. The largest absolute Gasteiger partial charge is 0.314 e. The van der Waals surface area contributed by atoms with Gasteiger partial charge in [-0.25, -0.2) is 8.42 Å². The summed E-state index contributed by atoms with van der Waals surface area (Å²) >= 11 is 3.37. The highest BCUT2D eigenvalue weighted by molar-refractivity contribution is 9.10. The fourth-order valence-electron chi connectivity index (χ4n) is 3.37. The van der Waals surface area contributed by atoms with Gasteiger partial charge in [0.15, 0.2) is 15.6 Å². The van der Waals surface area contributed by atoms with Crippen LogP contribution in [0.5, 0.6) is 0 Å². The van der Waals surface area contributed by atoms with Gasteiger partial charge in [-0.2, -0.15) is 0 Å². The predicted molar refractivity (Wildman–Crippen MR) is 104 cm³/mol. The fourth-order valence-corrected chi connectivity index (χ4v) is 5.56. The van der Waals surface area contributed by atoms with Gasteiger partial charge in [0.25, 0.3) is 0 Å². The van der Waals surface area contributed by atoms with E-state index < -0.39 is 32.5 Å². The molecule has 0 aliphatic carbocycles. The van der Waals surface area contributed by atoms with Gasteiger partial charge < -0.3 is 4.90 Å². The normalized spacial score (nSPS) is 19.5. The van der Waals surface area contributed by atoms with Gasteiger partial charge in [-0.1, -0.05) is 46.3 Å². The van der Waals surface area contributed by atoms with Crippen LogP contribution >= 0.6 is 15.9 Å². The van der Waals surface area contributed by atoms with E-state index >= 15 is 0 Å². The Hall–Kier alpha value is -1.99. The second kappa shape index (κ2) is 6.63. The molecule has 5 nitrogen and oxygen atoms in total. The van der Waals surface area contributed by atoms with Crippen LogP contribution in [-0.4, -0.2) is 38.7 Å². The topological polar surface area (TPSA) is 71.5 Å². The van der Waals surface area contributed by atoms with Crippen LogP contribution in [0.3, 0.4) is 0 Å². The standard InChI is InChI=1S/C19H18BrNO4S/c1-19(15-10-14(20)8-9-16(15)21(2)18(19)23)12-26(24,25)11-17(22)13-6-4-3-5-7-13/h3-10H,11-12H2,1-2H3. The van der Waals surface area contributed by atoms with Crippen molar-refractivity contribution in [3.8, 4) is 0 Å². The summed E-state index contributed by atoms with van der Waals surface area (Å²) < 4.78 is 26.2. The van der Waals surface area contributed by atoms with E-state index in [9.17, 15) is 18.0 Å². The lowest BCUT2D eigenvalue weighted by Gasteiger charge is -2.23. The number of benzene rings is 2. The Kier molecular flexibility index (Phi) is 4.79. The maximum absolute atomic E-state index is 12.8. The van der Waals surface area contributed by atoms with Crippen LogP contribution in [0.15, 0.2) is 53.0 Å². The molecule has 7 heteroatoms. The minimum Gasteiger partial charge on any atom is -0.314 e. The highest BCUT2D eigenvalue weighted by Crippen LogP contribution is 2.43. The number of likely N-dealkylation sites (N-methyl/N-ethyl adjacent to an activating group) is 1. The molecule has 1 aliphatic heterocycles. The van der Waals surface area contributed by atoms with Gasteiger partial charge in [-0.15, -0.1) is 0 Å². The van der Waals surface area contributed by atoms with Crippen LogP contribution in [0, 0.1) is 0 Å². The molecule has 1 aliphatic rings. The van der Waals surface area contributed by atoms with Crippen molar-refractivity contribution in [1.82, 2.24) is 0 Å². The quantitative estimate of drug-likeness (QED) is 0.676. The van der Waals surface area contributed by atoms with Gasteiger partial charge in [0.2, 0.25) is 5.91 Å². The smallest absolute Gasteiger partial charge is 0.238 e. The first-order chi connectivity index (χ1) is 12.1. The number of carbonyl (C=O) groups excluding carboxylic acids is 2. The van der Waals surface area contributed by atoms with E-state index in [4.69, 9.17) is 0 Å². The first-order valence-electron chi connectivity index (χ1n) is 8.01. The van der Waals surface area contributed by atoms with Crippen molar-refractivity contribution < 1.29 is 18.0 Å².